The summed E-state index contributed by atoms with van der Waals surface area (Å²) in [5.41, 5.74) is 10.2. The average Bonchev–Trinajstić information content (AvgIpc) is 3.45. The number of hydrogen-bond acceptors (Lipinski definition) is 4. The van der Waals surface area contributed by atoms with Gasteiger partial charge in [-0.1, -0.05) is 249 Å². The molecule has 16 rings (SSSR count). The Morgan fingerprint density at radius 3 is 0.866 bits per heavy atom. The maximum atomic E-state index is 5.65. The maximum Gasteiger partial charge on any atom is 0.179 e. The molecule has 5 heterocycles. The van der Waals surface area contributed by atoms with Gasteiger partial charge in [0.2, 0.25) is 0 Å². The highest BCUT2D eigenvalue weighted by Gasteiger charge is 2.42. The molecule has 0 atom stereocenters. The highest BCUT2D eigenvalue weighted by Crippen LogP contribution is 2.37. The van der Waals surface area contributed by atoms with Crippen LogP contribution in [0.3, 0.4) is 0 Å². The summed E-state index contributed by atoms with van der Waals surface area (Å²) in [5, 5.41) is 11.9. The first kappa shape index (κ1) is 47.2. The van der Waals surface area contributed by atoms with E-state index in [0.717, 1.165) is 72.9 Å². The fourth-order valence-electron chi connectivity index (χ4n) is 12.9. The molecular formula is C74H49N7Si. The minimum absolute atomic E-state index is 0.625. The van der Waals surface area contributed by atoms with Crippen molar-refractivity contribution in [3.63, 3.8) is 0 Å². The summed E-state index contributed by atoms with van der Waals surface area (Å²) < 4.78 is 6.89. The molecule has 0 aliphatic heterocycles. The van der Waals surface area contributed by atoms with Crippen LogP contribution in [0, 0.1) is 0 Å². The largest absolute Gasteiger partial charge is 0.294 e. The van der Waals surface area contributed by atoms with E-state index in [9.17, 15) is 0 Å². The predicted octanol–water partition coefficient (Wildman–Crippen LogP) is 14.9. The number of hydrogen-bond donors (Lipinski definition) is 0. The van der Waals surface area contributed by atoms with Gasteiger partial charge in [0, 0.05) is 61.1 Å². The summed E-state index contributed by atoms with van der Waals surface area (Å²) >= 11 is 0. The monoisotopic (exact) mass is 1060 g/mol. The summed E-state index contributed by atoms with van der Waals surface area (Å²) in [5.74, 6) is 3.64. The van der Waals surface area contributed by atoms with E-state index in [1.165, 1.54) is 53.1 Å². The van der Waals surface area contributed by atoms with Crippen LogP contribution in [0.1, 0.15) is 0 Å². The van der Waals surface area contributed by atoms with Crippen molar-refractivity contribution in [2.45, 2.75) is 0 Å². The van der Waals surface area contributed by atoms with E-state index >= 15 is 0 Å². The van der Waals surface area contributed by atoms with Crippen molar-refractivity contribution < 1.29 is 0 Å². The van der Waals surface area contributed by atoms with E-state index in [1.807, 2.05) is 0 Å². The molecule has 7 nitrogen and oxygen atoms in total. The highest BCUT2D eigenvalue weighted by atomic mass is 28.3. The lowest BCUT2D eigenvalue weighted by Crippen LogP contribution is -2.74. The zero-order valence-electron chi connectivity index (χ0n) is 44.4. The Hall–Kier alpha value is -10.8. The highest BCUT2D eigenvalue weighted by molar-refractivity contribution is 7.20. The minimum atomic E-state index is -3.25. The van der Waals surface area contributed by atoms with Crippen molar-refractivity contribution in [3.05, 3.63) is 297 Å². The molecule has 0 saturated carbocycles. The molecule has 0 radical (unpaired) electrons. The number of para-hydroxylation sites is 6. The second-order valence-corrected chi connectivity index (χ2v) is 24.8. The molecule has 11 aromatic carbocycles. The molecule has 0 unspecified atom stereocenters. The molecule has 0 aliphatic rings. The molecule has 384 valence electrons. The third kappa shape index (κ3) is 7.50. The van der Waals surface area contributed by atoms with Gasteiger partial charge in [0.25, 0.3) is 0 Å². The van der Waals surface area contributed by atoms with Crippen LogP contribution in [0.2, 0.25) is 0 Å². The fourth-order valence-corrected chi connectivity index (χ4v) is 17.7. The molecule has 0 amide bonds. The van der Waals surface area contributed by atoms with Gasteiger partial charge in [-0.05, 0) is 57.1 Å². The van der Waals surface area contributed by atoms with Gasteiger partial charge in [-0.3, -0.25) is 13.7 Å². The zero-order chi connectivity index (χ0) is 54.1. The number of benzene rings is 11. The van der Waals surface area contributed by atoms with Crippen molar-refractivity contribution in [2.24, 2.45) is 0 Å². The second-order valence-electron chi connectivity index (χ2n) is 21.0. The van der Waals surface area contributed by atoms with Crippen LogP contribution < -0.4 is 20.7 Å². The third-order valence-electron chi connectivity index (χ3n) is 16.4. The SMILES string of the molecule is c1ccc(-c2cc(-n3c4ccccc4c4ccccc43)nc(-c3cccc([Si](c4ccccc4)(c4ccccc4)c4cccc(-c5nc(-n6c7ccccc7c7ccccc76)cc(-n6c7ccccc7c7ccccc76)n5)c4)c3)n2)cc1. The van der Waals surface area contributed by atoms with Crippen LogP contribution in [0.25, 0.3) is 117 Å². The van der Waals surface area contributed by atoms with E-state index in [2.05, 4.69) is 311 Å². The first-order valence-corrected chi connectivity index (χ1v) is 29.8. The lowest BCUT2D eigenvalue weighted by atomic mass is 10.1. The smallest absolute Gasteiger partial charge is 0.179 e. The molecule has 16 aromatic rings. The topological polar surface area (TPSA) is 66.3 Å². The standard InChI is InChI=1S/C74H49N7Si/c1-4-24-50(25-5-1)63-48-70(79-64-40-16-10-34-57(64)58-35-11-17-41-65(58)79)76-73(75-63)51-26-22-32-55(46-51)82(53-28-6-2-7-29-53,54-30-8-3-9-31-54)56-33-23-27-52(47-56)74-77-71(80-66-42-18-12-36-59(66)60-37-13-19-43-67(60)80)49-72(78-74)81-68-44-20-14-38-61(68)62-39-15-21-45-69(62)81/h1-49H. The van der Waals surface area contributed by atoms with Crippen molar-refractivity contribution in [1.82, 2.24) is 33.6 Å². The molecule has 0 bridgehead atoms. The molecule has 0 fully saturated rings. The van der Waals surface area contributed by atoms with Crippen molar-refractivity contribution >= 4 is 94.2 Å². The first-order chi connectivity index (χ1) is 40.7. The van der Waals surface area contributed by atoms with E-state index in [-0.39, 0.29) is 0 Å². The first-order valence-electron chi connectivity index (χ1n) is 27.8. The molecule has 0 spiro atoms. The van der Waals surface area contributed by atoms with E-state index in [1.54, 1.807) is 0 Å². The number of fused-ring (bicyclic) bond motifs is 9. The Morgan fingerprint density at radius 1 is 0.220 bits per heavy atom. The van der Waals surface area contributed by atoms with Crippen LogP contribution in [-0.4, -0.2) is 41.7 Å². The minimum Gasteiger partial charge on any atom is -0.294 e. The number of aromatic nitrogens is 7. The molecule has 8 heteroatoms. The summed E-state index contributed by atoms with van der Waals surface area (Å²) in [7, 11) is -3.25. The normalized spacial score (nSPS) is 11.9. The predicted molar refractivity (Wildman–Crippen MR) is 341 cm³/mol. The van der Waals surface area contributed by atoms with Crippen LogP contribution >= 0.6 is 0 Å². The zero-order valence-corrected chi connectivity index (χ0v) is 45.4. The fraction of sp³-hybridized carbons (Fsp3) is 0. The van der Waals surface area contributed by atoms with Gasteiger partial charge in [0.1, 0.15) is 17.5 Å². The maximum absolute atomic E-state index is 5.65. The molecular weight excluding hydrogens is 1010 g/mol. The lowest BCUT2D eigenvalue weighted by Gasteiger charge is -2.35. The number of nitrogens with zero attached hydrogens (tertiary/aromatic N) is 7. The Morgan fingerprint density at radius 2 is 0.500 bits per heavy atom. The van der Waals surface area contributed by atoms with Crippen molar-refractivity contribution in [3.8, 4) is 51.5 Å². The lowest BCUT2D eigenvalue weighted by molar-refractivity contribution is 0.994. The summed E-state index contributed by atoms with van der Waals surface area (Å²) in [6.07, 6.45) is 0. The average molecular weight is 1060 g/mol. The van der Waals surface area contributed by atoms with E-state index in [4.69, 9.17) is 19.9 Å². The van der Waals surface area contributed by atoms with Gasteiger partial charge in [-0.2, -0.15) is 0 Å². The molecule has 0 saturated heterocycles. The summed E-state index contributed by atoms with van der Waals surface area (Å²) in [6, 6.07) is 107. The van der Waals surface area contributed by atoms with Crippen LogP contribution in [0.5, 0.6) is 0 Å². The Balaban J connectivity index is 0.937. The number of rotatable bonds is 10. The molecule has 5 aromatic heterocycles. The van der Waals surface area contributed by atoms with Crippen LogP contribution in [-0.2, 0) is 0 Å². The van der Waals surface area contributed by atoms with E-state index in [0.29, 0.717) is 11.6 Å². The van der Waals surface area contributed by atoms with Crippen LogP contribution in [0.4, 0.5) is 0 Å². The second kappa shape index (κ2) is 19.2. The van der Waals surface area contributed by atoms with E-state index < -0.39 is 8.07 Å². The van der Waals surface area contributed by atoms with Crippen molar-refractivity contribution in [2.75, 3.05) is 0 Å². The van der Waals surface area contributed by atoms with Crippen molar-refractivity contribution in [1.29, 1.82) is 0 Å². The van der Waals surface area contributed by atoms with Gasteiger partial charge in [0.15, 0.2) is 19.7 Å². The van der Waals surface area contributed by atoms with Gasteiger partial charge < -0.3 is 0 Å². The van der Waals surface area contributed by atoms with Gasteiger partial charge in [0.05, 0.1) is 38.8 Å². The van der Waals surface area contributed by atoms with Gasteiger partial charge in [-0.25, -0.2) is 19.9 Å². The summed E-state index contributed by atoms with van der Waals surface area (Å²) in [4.78, 5) is 22.3. The molecule has 0 aliphatic carbocycles. The third-order valence-corrected chi connectivity index (χ3v) is 21.2. The Labute approximate surface area is 474 Å². The molecule has 82 heavy (non-hydrogen) atoms. The quantitative estimate of drug-likeness (QED) is 0.101. The summed E-state index contributed by atoms with van der Waals surface area (Å²) in [6.45, 7) is 0. The molecule has 0 N–H and O–H groups in total. The van der Waals surface area contributed by atoms with Crippen LogP contribution in [0.15, 0.2) is 297 Å². The Kier molecular flexibility index (Phi) is 11.1. The van der Waals surface area contributed by atoms with Gasteiger partial charge >= 0.3 is 0 Å². The van der Waals surface area contributed by atoms with Gasteiger partial charge in [-0.15, -0.1) is 0 Å². The Bertz CT molecular complexity index is 4790.